The van der Waals surface area contributed by atoms with Crippen molar-refractivity contribution in [3.8, 4) is 0 Å². The Morgan fingerprint density at radius 2 is 2.32 bits per heavy atom. The largest absolute Gasteiger partial charge is 0.316 e. The van der Waals surface area contributed by atoms with E-state index in [1.807, 2.05) is 11.3 Å². The van der Waals surface area contributed by atoms with Crippen molar-refractivity contribution < 1.29 is 0 Å². The van der Waals surface area contributed by atoms with Gasteiger partial charge in [0.25, 0.3) is 0 Å². The minimum absolute atomic E-state index is 0.571. The molecule has 4 heteroatoms. The third-order valence-electron chi connectivity index (χ3n) is 4.00. The molecule has 2 nitrogen and oxygen atoms in total. The predicted molar refractivity (Wildman–Crippen MR) is 87.9 cm³/mol. The summed E-state index contributed by atoms with van der Waals surface area (Å²) in [4.78, 5) is 4.06. The van der Waals surface area contributed by atoms with E-state index in [4.69, 9.17) is 0 Å². The molecule has 2 atom stereocenters. The molecule has 2 rings (SSSR count). The lowest BCUT2D eigenvalue weighted by Crippen LogP contribution is -2.34. The Bertz CT molecular complexity index is 380. The van der Waals surface area contributed by atoms with Crippen LogP contribution in [0.15, 0.2) is 15.9 Å². The number of rotatable bonds is 5. The lowest BCUT2D eigenvalue weighted by molar-refractivity contribution is 0.192. The van der Waals surface area contributed by atoms with Gasteiger partial charge in [-0.3, -0.25) is 4.90 Å². The van der Waals surface area contributed by atoms with E-state index in [-0.39, 0.29) is 0 Å². The van der Waals surface area contributed by atoms with E-state index < -0.39 is 0 Å². The molecule has 0 saturated carbocycles. The van der Waals surface area contributed by atoms with Crippen LogP contribution in [0, 0.1) is 5.92 Å². The van der Waals surface area contributed by atoms with Crippen molar-refractivity contribution in [2.24, 2.45) is 5.92 Å². The van der Waals surface area contributed by atoms with E-state index in [1.165, 1.54) is 41.6 Å². The highest BCUT2D eigenvalue weighted by molar-refractivity contribution is 9.10. The van der Waals surface area contributed by atoms with E-state index in [1.54, 1.807) is 0 Å². The Labute approximate surface area is 129 Å². The van der Waals surface area contributed by atoms with Gasteiger partial charge in [-0.15, -0.1) is 11.3 Å². The topological polar surface area (TPSA) is 15.3 Å². The van der Waals surface area contributed by atoms with Crippen LogP contribution in [-0.4, -0.2) is 31.6 Å². The predicted octanol–water partition coefficient (Wildman–Crippen LogP) is 4.28. The maximum atomic E-state index is 3.73. The summed E-state index contributed by atoms with van der Waals surface area (Å²) in [5.74, 6) is 0.731. The highest BCUT2D eigenvalue weighted by Gasteiger charge is 2.30. The van der Waals surface area contributed by atoms with Crippen LogP contribution in [0.5, 0.6) is 0 Å². The molecular weight excluding hydrogens is 320 g/mol. The quantitative estimate of drug-likeness (QED) is 0.801. The molecule has 0 aliphatic carbocycles. The summed E-state index contributed by atoms with van der Waals surface area (Å²) in [7, 11) is 2.29. The van der Waals surface area contributed by atoms with Gasteiger partial charge in [0.1, 0.15) is 0 Å². The first kappa shape index (κ1) is 15.5. The highest BCUT2D eigenvalue weighted by atomic mass is 79.9. The standard InChI is InChI=1S/C15H25BrN2S/c1-3-8-17-11-12-6-4-5-9-18(2)14(12)15-13(16)7-10-19-15/h7,10,12,14,17H,3-6,8-9,11H2,1-2H3. The van der Waals surface area contributed by atoms with Gasteiger partial charge in [-0.05, 0) is 79.2 Å². The number of halogens is 1. The molecule has 0 aromatic carbocycles. The minimum atomic E-state index is 0.571. The minimum Gasteiger partial charge on any atom is -0.316 e. The number of hydrogen-bond acceptors (Lipinski definition) is 3. The molecule has 1 N–H and O–H groups in total. The summed E-state index contributed by atoms with van der Waals surface area (Å²) in [6, 6.07) is 2.76. The van der Waals surface area contributed by atoms with Crippen molar-refractivity contribution in [1.29, 1.82) is 0 Å². The molecular formula is C15H25BrN2S. The monoisotopic (exact) mass is 344 g/mol. The lowest BCUT2D eigenvalue weighted by atomic mass is 9.93. The van der Waals surface area contributed by atoms with Crippen LogP contribution < -0.4 is 5.32 Å². The molecule has 1 aliphatic heterocycles. The van der Waals surface area contributed by atoms with E-state index in [0.29, 0.717) is 6.04 Å². The van der Waals surface area contributed by atoms with Gasteiger partial charge >= 0.3 is 0 Å². The van der Waals surface area contributed by atoms with E-state index in [2.05, 4.69) is 51.6 Å². The summed E-state index contributed by atoms with van der Waals surface area (Å²) < 4.78 is 1.29. The van der Waals surface area contributed by atoms with Crippen LogP contribution in [-0.2, 0) is 0 Å². The normalized spacial score (nSPS) is 25.4. The van der Waals surface area contributed by atoms with Crippen molar-refractivity contribution in [2.75, 3.05) is 26.7 Å². The van der Waals surface area contributed by atoms with Gasteiger partial charge in [0.05, 0.1) is 0 Å². The van der Waals surface area contributed by atoms with E-state index >= 15 is 0 Å². The average molecular weight is 345 g/mol. The zero-order valence-corrected chi connectivity index (χ0v) is 14.4. The first-order valence-electron chi connectivity index (χ1n) is 7.38. The molecule has 2 heterocycles. The first-order chi connectivity index (χ1) is 9.24. The fourth-order valence-electron chi connectivity index (χ4n) is 3.03. The number of nitrogens with zero attached hydrogens (tertiary/aromatic N) is 1. The molecule has 1 saturated heterocycles. The highest BCUT2D eigenvalue weighted by Crippen LogP contribution is 2.40. The van der Waals surface area contributed by atoms with Gasteiger partial charge in [0.15, 0.2) is 0 Å². The van der Waals surface area contributed by atoms with Gasteiger partial charge < -0.3 is 5.32 Å². The fraction of sp³-hybridized carbons (Fsp3) is 0.733. The molecule has 0 spiro atoms. The van der Waals surface area contributed by atoms with Gasteiger partial charge in [0.2, 0.25) is 0 Å². The molecule has 1 aromatic rings. The third kappa shape index (κ3) is 4.03. The number of nitrogens with one attached hydrogen (secondary N) is 1. The number of hydrogen-bond donors (Lipinski definition) is 1. The van der Waals surface area contributed by atoms with Crippen LogP contribution in [0.4, 0.5) is 0 Å². The van der Waals surface area contributed by atoms with Crippen LogP contribution in [0.2, 0.25) is 0 Å². The fourth-order valence-corrected chi connectivity index (χ4v) is 4.90. The van der Waals surface area contributed by atoms with Gasteiger partial charge in [0, 0.05) is 15.4 Å². The van der Waals surface area contributed by atoms with Crippen molar-refractivity contribution in [3.05, 3.63) is 20.8 Å². The zero-order valence-electron chi connectivity index (χ0n) is 12.0. The first-order valence-corrected chi connectivity index (χ1v) is 9.05. The van der Waals surface area contributed by atoms with Gasteiger partial charge in [-0.25, -0.2) is 0 Å². The third-order valence-corrected chi connectivity index (χ3v) is 5.95. The molecule has 0 bridgehead atoms. The Balaban J connectivity index is 2.13. The molecule has 108 valence electrons. The van der Waals surface area contributed by atoms with Crippen molar-refractivity contribution in [2.45, 2.75) is 38.6 Å². The van der Waals surface area contributed by atoms with Crippen LogP contribution in [0.1, 0.15) is 43.5 Å². The molecule has 0 radical (unpaired) electrons. The molecule has 1 fully saturated rings. The molecule has 2 unspecified atom stereocenters. The Morgan fingerprint density at radius 3 is 3.00 bits per heavy atom. The molecule has 1 aliphatic rings. The van der Waals surface area contributed by atoms with Crippen LogP contribution >= 0.6 is 27.3 Å². The lowest BCUT2D eigenvalue weighted by Gasteiger charge is -2.32. The zero-order chi connectivity index (χ0) is 13.7. The number of likely N-dealkylation sites (tertiary alicyclic amines) is 1. The van der Waals surface area contributed by atoms with Crippen molar-refractivity contribution in [1.82, 2.24) is 10.2 Å². The molecule has 1 aromatic heterocycles. The number of thiophene rings is 1. The van der Waals surface area contributed by atoms with E-state index in [9.17, 15) is 0 Å². The summed E-state index contributed by atoms with van der Waals surface area (Å²) in [6.45, 7) is 5.74. The smallest absolute Gasteiger partial charge is 0.0490 e. The summed E-state index contributed by atoms with van der Waals surface area (Å²) in [6.07, 6.45) is 5.26. The second-order valence-electron chi connectivity index (χ2n) is 5.52. The summed E-state index contributed by atoms with van der Waals surface area (Å²) in [5, 5.41) is 5.83. The van der Waals surface area contributed by atoms with Crippen molar-refractivity contribution in [3.63, 3.8) is 0 Å². The second kappa shape index (κ2) is 7.77. The summed E-state index contributed by atoms with van der Waals surface area (Å²) >= 11 is 5.62. The summed E-state index contributed by atoms with van der Waals surface area (Å²) in [5.41, 5.74) is 0. The Morgan fingerprint density at radius 1 is 1.47 bits per heavy atom. The average Bonchev–Trinajstić information content (AvgIpc) is 2.72. The molecule has 19 heavy (non-hydrogen) atoms. The van der Waals surface area contributed by atoms with E-state index in [0.717, 1.165) is 19.0 Å². The van der Waals surface area contributed by atoms with Crippen LogP contribution in [0.25, 0.3) is 0 Å². The SMILES string of the molecule is CCCNCC1CCCCN(C)C1c1sccc1Br. The Kier molecular flexibility index (Phi) is 6.33. The Hall–Kier alpha value is 0.100. The maximum absolute atomic E-state index is 3.73. The van der Waals surface area contributed by atoms with Gasteiger partial charge in [-0.2, -0.15) is 0 Å². The van der Waals surface area contributed by atoms with Gasteiger partial charge in [-0.1, -0.05) is 13.3 Å². The second-order valence-corrected chi connectivity index (χ2v) is 7.32. The van der Waals surface area contributed by atoms with Crippen molar-refractivity contribution >= 4 is 27.3 Å². The van der Waals surface area contributed by atoms with Crippen LogP contribution in [0.3, 0.4) is 0 Å². The molecule has 0 amide bonds. The maximum Gasteiger partial charge on any atom is 0.0490 e.